The van der Waals surface area contributed by atoms with Gasteiger partial charge in [-0.3, -0.25) is 0 Å². The molecule has 4 N–H and O–H groups in total. The Labute approximate surface area is 92.0 Å². The van der Waals surface area contributed by atoms with Crippen molar-refractivity contribution in [3.05, 3.63) is 0 Å². The van der Waals surface area contributed by atoms with Gasteiger partial charge in [0.25, 0.3) is 0 Å². The van der Waals surface area contributed by atoms with Gasteiger partial charge in [0.2, 0.25) is 0 Å². The standard InChI is InChI=1S/C11H23N3O/c1-10(2)5-8(14-9(15)13-4)6-11(3,12)7-10/h8H,5-7,12H2,1-4H3,(H2,13,14,15). The zero-order valence-corrected chi connectivity index (χ0v) is 10.2. The van der Waals surface area contributed by atoms with Gasteiger partial charge in [-0.1, -0.05) is 13.8 Å². The molecule has 0 bridgehead atoms. The molecule has 0 aromatic carbocycles. The lowest BCUT2D eigenvalue weighted by molar-refractivity contribution is 0.131. The largest absolute Gasteiger partial charge is 0.341 e. The van der Waals surface area contributed by atoms with E-state index in [4.69, 9.17) is 5.73 Å². The molecule has 1 aliphatic rings. The molecule has 4 nitrogen and oxygen atoms in total. The Hall–Kier alpha value is -0.770. The average Bonchev–Trinajstić information content (AvgIpc) is 1.97. The summed E-state index contributed by atoms with van der Waals surface area (Å²) in [5.74, 6) is 0. The van der Waals surface area contributed by atoms with Crippen LogP contribution in [0, 0.1) is 5.41 Å². The van der Waals surface area contributed by atoms with E-state index in [2.05, 4.69) is 31.4 Å². The Morgan fingerprint density at radius 1 is 1.33 bits per heavy atom. The number of carbonyl (C=O) groups is 1. The highest BCUT2D eigenvalue weighted by Crippen LogP contribution is 2.39. The predicted octanol–water partition coefficient (Wildman–Crippen LogP) is 1.21. The summed E-state index contributed by atoms with van der Waals surface area (Å²) >= 11 is 0. The van der Waals surface area contributed by atoms with Crippen molar-refractivity contribution in [2.24, 2.45) is 11.1 Å². The highest BCUT2D eigenvalue weighted by Gasteiger charge is 2.39. The van der Waals surface area contributed by atoms with Gasteiger partial charge >= 0.3 is 6.03 Å². The lowest BCUT2D eigenvalue weighted by Crippen LogP contribution is -2.54. The summed E-state index contributed by atoms with van der Waals surface area (Å²) in [5, 5.41) is 5.53. The van der Waals surface area contributed by atoms with Gasteiger partial charge in [-0.25, -0.2) is 4.79 Å². The Bertz CT molecular complexity index is 232. The first-order valence-electron chi connectivity index (χ1n) is 5.51. The van der Waals surface area contributed by atoms with Crippen molar-refractivity contribution in [1.82, 2.24) is 10.6 Å². The molecule has 0 aliphatic heterocycles. The van der Waals surface area contributed by atoms with Gasteiger partial charge in [0.15, 0.2) is 0 Å². The zero-order valence-electron chi connectivity index (χ0n) is 10.2. The lowest BCUT2D eigenvalue weighted by Gasteiger charge is -2.44. The van der Waals surface area contributed by atoms with E-state index in [1.165, 1.54) is 0 Å². The molecule has 0 aromatic rings. The summed E-state index contributed by atoms with van der Waals surface area (Å²) < 4.78 is 0. The molecular formula is C11H23N3O. The first-order chi connectivity index (χ1) is 6.74. The second-order valence-electron chi connectivity index (χ2n) is 5.82. The Morgan fingerprint density at radius 2 is 1.93 bits per heavy atom. The number of carbonyl (C=O) groups excluding carboxylic acids is 1. The molecule has 0 spiro atoms. The fourth-order valence-corrected chi connectivity index (χ4v) is 2.90. The number of urea groups is 1. The summed E-state index contributed by atoms with van der Waals surface area (Å²) in [4.78, 5) is 11.2. The van der Waals surface area contributed by atoms with E-state index in [9.17, 15) is 4.79 Å². The van der Waals surface area contributed by atoms with Crippen LogP contribution in [0.1, 0.15) is 40.0 Å². The highest BCUT2D eigenvalue weighted by atomic mass is 16.2. The number of nitrogens with two attached hydrogens (primary N) is 1. The first kappa shape index (κ1) is 12.3. The van der Waals surface area contributed by atoms with Crippen LogP contribution in [-0.4, -0.2) is 24.7 Å². The fraction of sp³-hybridized carbons (Fsp3) is 0.909. The van der Waals surface area contributed by atoms with Crippen LogP contribution in [0.2, 0.25) is 0 Å². The van der Waals surface area contributed by atoms with Crippen molar-refractivity contribution in [2.75, 3.05) is 7.05 Å². The maximum Gasteiger partial charge on any atom is 0.314 e. The van der Waals surface area contributed by atoms with Crippen LogP contribution in [0.3, 0.4) is 0 Å². The van der Waals surface area contributed by atoms with E-state index in [-0.39, 0.29) is 23.0 Å². The Morgan fingerprint density at radius 3 is 2.40 bits per heavy atom. The number of amides is 2. The van der Waals surface area contributed by atoms with E-state index in [1.807, 2.05) is 0 Å². The smallest absolute Gasteiger partial charge is 0.314 e. The third-order valence-corrected chi connectivity index (χ3v) is 2.96. The van der Waals surface area contributed by atoms with Crippen molar-refractivity contribution in [1.29, 1.82) is 0 Å². The molecule has 0 heterocycles. The van der Waals surface area contributed by atoms with Crippen LogP contribution in [-0.2, 0) is 0 Å². The molecule has 1 fully saturated rings. The van der Waals surface area contributed by atoms with Crippen molar-refractivity contribution in [3.8, 4) is 0 Å². The van der Waals surface area contributed by atoms with Crippen LogP contribution < -0.4 is 16.4 Å². The van der Waals surface area contributed by atoms with Gasteiger partial charge in [-0.15, -0.1) is 0 Å². The van der Waals surface area contributed by atoms with Crippen LogP contribution in [0.4, 0.5) is 4.79 Å². The van der Waals surface area contributed by atoms with Crippen LogP contribution in [0.5, 0.6) is 0 Å². The summed E-state index contributed by atoms with van der Waals surface area (Å²) in [5.41, 5.74) is 6.22. The molecule has 1 aliphatic carbocycles. The zero-order chi connectivity index (χ0) is 11.7. The van der Waals surface area contributed by atoms with Crippen molar-refractivity contribution in [3.63, 3.8) is 0 Å². The topological polar surface area (TPSA) is 67.2 Å². The number of hydrogen-bond donors (Lipinski definition) is 3. The Kier molecular flexibility index (Phi) is 3.28. The van der Waals surface area contributed by atoms with Gasteiger partial charge < -0.3 is 16.4 Å². The van der Waals surface area contributed by atoms with Crippen molar-refractivity contribution >= 4 is 6.03 Å². The van der Waals surface area contributed by atoms with Gasteiger partial charge in [0, 0.05) is 18.6 Å². The molecule has 0 radical (unpaired) electrons. The first-order valence-corrected chi connectivity index (χ1v) is 5.51. The van der Waals surface area contributed by atoms with E-state index in [0.717, 1.165) is 19.3 Å². The molecule has 0 aromatic heterocycles. The van der Waals surface area contributed by atoms with E-state index < -0.39 is 0 Å². The minimum Gasteiger partial charge on any atom is -0.341 e. The molecular weight excluding hydrogens is 190 g/mol. The molecule has 2 unspecified atom stereocenters. The molecule has 1 rings (SSSR count). The molecule has 15 heavy (non-hydrogen) atoms. The highest BCUT2D eigenvalue weighted by molar-refractivity contribution is 5.73. The van der Waals surface area contributed by atoms with E-state index in [0.29, 0.717) is 0 Å². The summed E-state index contributed by atoms with van der Waals surface area (Å²) in [7, 11) is 1.63. The summed E-state index contributed by atoms with van der Waals surface area (Å²) in [6.07, 6.45) is 2.85. The predicted molar refractivity (Wildman–Crippen MR) is 61.6 cm³/mol. The monoisotopic (exact) mass is 213 g/mol. The van der Waals surface area contributed by atoms with Crippen molar-refractivity contribution in [2.45, 2.75) is 51.6 Å². The molecule has 0 saturated heterocycles. The molecule has 1 saturated carbocycles. The number of rotatable bonds is 1. The quantitative estimate of drug-likeness (QED) is 0.613. The maximum atomic E-state index is 11.2. The average molecular weight is 213 g/mol. The van der Waals surface area contributed by atoms with Gasteiger partial charge in [0.05, 0.1) is 0 Å². The maximum absolute atomic E-state index is 11.2. The van der Waals surface area contributed by atoms with Crippen LogP contribution in [0.15, 0.2) is 0 Å². The van der Waals surface area contributed by atoms with E-state index in [1.54, 1.807) is 7.05 Å². The molecule has 2 amide bonds. The molecule has 4 heteroatoms. The fourth-order valence-electron chi connectivity index (χ4n) is 2.90. The second kappa shape index (κ2) is 4.00. The van der Waals surface area contributed by atoms with Gasteiger partial charge in [-0.05, 0) is 31.6 Å². The van der Waals surface area contributed by atoms with Crippen LogP contribution >= 0.6 is 0 Å². The van der Waals surface area contributed by atoms with Gasteiger partial charge in [0.1, 0.15) is 0 Å². The summed E-state index contributed by atoms with van der Waals surface area (Å²) in [6.45, 7) is 6.47. The number of nitrogens with one attached hydrogen (secondary N) is 2. The number of hydrogen-bond acceptors (Lipinski definition) is 2. The lowest BCUT2D eigenvalue weighted by atomic mass is 9.67. The van der Waals surface area contributed by atoms with Crippen molar-refractivity contribution < 1.29 is 4.79 Å². The normalized spacial score (nSPS) is 34.6. The minimum atomic E-state index is -0.173. The van der Waals surface area contributed by atoms with E-state index >= 15 is 0 Å². The molecule has 2 atom stereocenters. The third-order valence-electron chi connectivity index (χ3n) is 2.96. The SMILES string of the molecule is CNC(=O)NC1CC(C)(C)CC(C)(N)C1. The third kappa shape index (κ3) is 3.70. The summed E-state index contributed by atoms with van der Waals surface area (Å²) in [6, 6.07) is 0.0669. The minimum absolute atomic E-state index is 0.117. The molecule has 88 valence electrons. The Balaban J connectivity index is 2.63. The van der Waals surface area contributed by atoms with Crippen LogP contribution in [0.25, 0.3) is 0 Å². The van der Waals surface area contributed by atoms with Gasteiger partial charge in [-0.2, -0.15) is 0 Å². The second-order valence-corrected chi connectivity index (χ2v) is 5.82.